The van der Waals surface area contributed by atoms with Crippen molar-refractivity contribution in [1.82, 2.24) is 4.90 Å². The molecule has 1 amide bonds. The summed E-state index contributed by atoms with van der Waals surface area (Å²) in [5, 5.41) is 12.4. The average molecular weight is 465 g/mol. The van der Waals surface area contributed by atoms with Crippen LogP contribution < -0.4 is 9.80 Å². The molecule has 0 bridgehead atoms. The van der Waals surface area contributed by atoms with Gasteiger partial charge in [-0.15, -0.1) is 0 Å². The van der Waals surface area contributed by atoms with Gasteiger partial charge in [-0.3, -0.25) is 14.9 Å². The molecule has 10 heteroatoms. The van der Waals surface area contributed by atoms with Crippen molar-refractivity contribution in [3.63, 3.8) is 0 Å². The maximum Gasteiger partial charge on any atom is 0.270 e. The van der Waals surface area contributed by atoms with E-state index in [2.05, 4.69) is 4.90 Å². The zero-order valence-corrected chi connectivity index (χ0v) is 18.3. The van der Waals surface area contributed by atoms with E-state index in [-0.39, 0.29) is 11.6 Å². The van der Waals surface area contributed by atoms with Gasteiger partial charge in [0.05, 0.1) is 29.4 Å². The lowest BCUT2D eigenvalue weighted by molar-refractivity contribution is -0.384. The average Bonchev–Trinajstić information content (AvgIpc) is 2.78. The van der Waals surface area contributed by atoms with E-state index in [1.807, 2.05) is 17.0 Å². The van der Waals surface area contributed by atoms with Crippen molar-refractivity contribution in [3.8, 4) is 0 Å². The molecular formula is C21H22Cl2N4O4. The number of rotatable bonds is 4. The first-order valence-corrected chi connectivity index (χ1v) is 10.8. The molecular weight excluding hydrogens is 443 g/mol. The summed E-state index contributed by atoms with van der Waals surface area (Å²) in [5.74, 6) is -0.200. The van der Waals surface area contributed by atoms with Crippen LogP contribution in [0, 0.1) is 10.1 Å². The topological polar surface area (TPSA) is 79.2 Å². The molecule has 0 radical (unpaired) electrons. The number of nitro benzene ring substituents is 1. The minimum Gasteiger partial charge on any atom is -0.378 e. The van der Waals surface area contributed by atoms with Crippen LogP contribution >= 0.6 is 23.2 Å². The molecule has 0 aliphatic carbocycles. The van der Waals surface area contributed by atoms with E-state index in [0.717, 1.165) is 5.69 Å². The molecule has 0 atom stereocenters. The van der Waals surface area contributed by atoms with Crippen LogP contribution in [0.25, 0.3) is 0 Å². The summed E-state index contributed by atoms with van der Waals surface area (Å²) in [6, 6.07) is 9.88. The number of non-ortho nitro benzene ring substituents is 1. The van der Waals surface area contributed by atoms with E-state index in [1.54, 1.807) is 17.0 Å². The summed E-state index contributed by atoms with van der Waals surface area (Å²) in [6.45, 7) is 4.62. The predicted octanol–water partition coefficient (Wildman–Crippen LogP) is 3.70. The molecule has 31 heavy (non-hydrogen) atoms. The quantitative estimate of drug-likeness (QED) is 0.506. The van der Waals surface area contributed by atoms with Gasteiger partial charge in [-0.1, -0.05) is 23.2 Å². The highest BCUT2D eigenvalue weighted by molar-refractivity contribution is 6.35. The lowest BCUT2D eigenvalue weighted by Gasteiger charge is -2.37. The van der Waals surface area contributed by atoms with Crippen LogP contribution in [-0.4, -0.2) is 68.2 Å². The first-order valence-electron chi connectivity index (χ1n) is 10.0. The fraction of sp³-hybridized carbons (Fsp3) is 0.381. The molecule has 0 saturated carbocycles. The predicted molar refractivity (Wildman–Crippen MR) is 121 cm³/mol. The molecule has 0 spiro atoms. The summed E-state index contributed by atoms with van der Waals surface area (Å²) < 4.78 is 5.40. The van der Waals surface area contributed by atoms with Gasteiger partial charge in [0.25, 0.3) is 11.6 Å². The molecule has 2 aliphatic rings. The van der Waals surface area contributed by atoms with Crippen molar-refractivity contribution in [2.24, 2.45) is 0 Å². The molecule has 2 aliphatic heterocycles. The lowest BCUT2D eigenvalue weighted by atomic mass is 10.1. The number of morpholine rings is 1. The van der Waals surface area contributed by atoms with Gasteiger partial charge in [0.2, 0.25) is 0 Å². The maximum atomic E-state index is 13.4. The van der Waals surface area contributed by atoms with Crippen LogP contribution in [0.4, 0.5) is 17.1 Å². The number of amides is 1. The van der Waals surface area contributed by atoms with Gasteiger partial charge >= 0.3 is 0 Å². The molecule has 2 heterocycles. The summed E-state index contributed by atoms with van der Waals surface area (Å²) in [5.41, 5.74) is 1.89. The summed E-state index contributed by atoms with van der Waals surface area (Å²) >= 11 is 12.2. The third-order valence-electron chi connectivity index (χ3n) is 5.55. The largest absolute Gasteiger partial charge is 0.378 e. The summed E-state index contributed by atoms with van der Waals surface area (Å²) in [7, 11) is 0. The Hall–Kier alpha value is -2.55. The molecule has 0 N–H and O–H groups in total. The highest BCUT2D eigenvalue weighted by atomic mass is 35.5. The Morgan fingerprint density at radius 3 is 2.16 bits per heavy atom. The molecule has 4 rings (SSSR count). The second-order valence-corrected chi connectivity index (χ2v) is 8.34. The SMILES string of the molecule is O=C(c1cc([N+](=O)[O-])ccc1N1CCOCC1)N1CCN(c2cc(Cl)cc(Cl)c2)CC1. The van der Waals surface area contributed by atoms with Crippen LogP contribution in [0.15, 0.2) is 36.4 Å². The zero-order valence-electron chi connectivity index (χ0n) is 16.8. The number of carbonyl (C=O) groups is 1. The van der Waals surface area contributed by atoms with E-state index >= 15 is 0 Å². The number of halogens is 2. The number of nitro groups is 1. The molecule has 2 aromatic carbocycles. The summed E-state index contributed by atoms with van der Waals surface area (Å²) in [6.07, 6.45) is 0. The fourth-order valence-electron chi connectivity index (χ4n) is 3.95. The standard InChI is InChI=1S/C21H22Cl2N4O4/c22-15-11-16(23)13-18(12-15)24-3-5-26(6-4-24)21(28)19-14-17(27(29)30)1-2-20(19)25-7-9-31-10-8-25/h1-2,11-14H,3-10H2. The highest BCUT2D eigenvalue weighted by Gasteiger charge is 2.28. The Morgan fingerprint density at radius 2 is 1.55 bits per heavy atom. The Labute approximate surface area is 190 Å². The van der Waals surface area contributed by atoms with Crippen molar-refractivity contribution < 1.29 is 14.5 Å². The van der Waals surface area contributed by atoms with Crippen molar-refractivity contribution >= 4 is 46.2 Å². The van der Waals surface area contributed by atoms with E-state index in [9.17, 15) is 14.9 Å². The van der Waals surface area contributed by atoms with Crippen LogP contribution in [0.2, 0.25) is 10.0 Å². The van der Waals surface area contributed by atoms with Crippen molar-refractivity contribution in [1.29, 1.82) is 0 Å². The molecule has 8 nitrogen and oxygen atoms in total. The minimum absolute atomic E-state index is 0.0902. The number of hydrogen-bond donors (Lipinski definition) is 0. The van der Waals surface area contributed by atoms with Gasteiger partial charge in [-0.2, -0.15) is 0 Å². The zero-order chi connectivity index (χ0) is 22.0. The number of anilines is 2. The Bertz CT molecular complexity index is 969. The van der Waals surface area contributed by atoms with Gasteiger partial charge in [-0.05, 0) is 24.3 Å². The van der Waals surface area contributed by atoms with Gasteiger partial charge in [0.1, 0.15) is 0 Å². The molecule has 2 saturated heterocycles. The van der Waals surface area contributed by atoms with Crippen LogP contribution in [-0.2, 0) is 4.74 Å². The van der Waals surface area contributed by atoms with Crippen molar-refractivity contribution in [2.45, 2.75) is 0 Å². The van der Waals surface area contributed by atoms with Gasteiger partial charge in [0.15, 0.2) is 0 Å². The molecule has 2 aromatic rings. The molecule has 0 aromatic heterocycles. The fourth-order valence-corrected chi connectivity index (χ4v) is 4.46. The van der Waals surface area contributed by atoms with E-state index in [4.69, 9.17) is 27.9 Å². The van der Waals surface area contributed by atoms with Crippen LogP contribution in [0.5, 0.6) is 0 Å². The molecule has 2 fully saturated rings. The van der Waals surface area contributed by atoms with Gasteiger partial charge in [-0.25, -0.2) is 0 Å². The Kier molecular flexibility index (Phi) is 6.50. The van der Waals surface area contributed by atoms with Gasteiger partial charge in [0, 0.05) is 67.1 Å². The Morgan fingerprint density at radius 1 is 0.903 bits per heavy atom. The summed E-state index contributed by atoms with van der Waals surface area (Å²) in [4.78, 5) is 30.1. The third kappa shape index (κ3) is 4.87. The number of nitrogens with zero attached hydrogens (tertiary/aromatic N) is 4. The lowest BCUT2D eigenvalue weighted by Crippen LogP contribution is -2.49. The first kappa shape index (κ1) is 21.7. The molecule has 0 unspecified atom stereocenters. The van der Waals surface area contributed by atoms with Crippen molar-refractivity contribution in [2.75, 3.05) is 62.3 Å². The third-order valence-corrected chi connectivity index (χ3v) is 5.99. The highest BCUT2D eigenvalue weighted by Crippen LogP contribution is 2.29. The minimum atomic E-state index is -0.472. The maximum absolute atomic E-state index is 13.4. The second-order valence-electron chi connectivity index (χ2n) is 7.46. The smallest absolute Gasteiger partial charge is 0.270 e. The van der Waals surface area contributed by atoms with E-state index < -0.39 is 4.92 Å². The van der Waals surface area contributed by atoms with E-state index in [1.165, 1.54) is 12.1 Å². The second kappa shape index (κ2) is 9.30. The normalized spacial score (nSPS) is 17.0. The van der Waals surface area contributed by atoms with Gasteiger partial charge < -0.3 is 19.4 Å². The Balaban J connectivity index is 1.53. The van der Waals surface area contributed by atoms with Crippen molar-refractivity contribution in [3.05, 3.63) is 62.1 Å². The number of benzene rings is 2. The van der Waals surface area contributed by atoms with E-state index in [0.29, 0.717) is 73.8 Å². The number of ether oxygens (including phenoxy) is 1. The number of piperazine rings is 1. The number of carbonyl (C=O) groups excluding carboxylic acids is 1. The van der Waals surface area contributed by atoms with Crippen LogP contribution in [0.1, 0.15) is 10.4 Å². The van der Waals surface area contributed by atoms with Crippen LogP contribution in [0.3, 0.4) is 0 Å². The number of hydrogen-bond acceptors (Lipinski definition) is 6. The monoisotopic (exact) mass is 464 g/mol. The molecule has 164 valence electrons. The first-order chi connectivity index (χ1) is 14.9.